The highest BCUT2D eigenvalue weighted by Gasteiger charge is 2.25. The smallest absolute Gasteiger partial charge is 0.146 e. The molecule has 0 saturated carbocycles. The maximum atomic E-state index is 14.8. The topological polar surface area (TPSA) is 39.6 Å². The number of nitrogens with zero attached hydrogens (tertiary/aromatic N) is 3. The van der Waals surface area contributed by atoms with Gasteiger partial charge in [-0.15, -0.1) is 0 Å². The summed E-state index contributed by atoms with van der Waals surface area (Å²) in [7, 11) is 0. The quantitative estimate of drug-likeness (QED) is 0.680. The number of rotatable bonds is 5. The van der Waals surface area contributed by atoms with E-state index in [0.717, 1.165) is 24.7 Å². The number of hydrogen-bond donors (Lipinski definition) is 1. The molecule has 2 heterocycles. The summed E-state index contributed by atoms with van der Waals surface area (Å²) < 4.78 is 14.8. The van der Waals surface area contributed by atoms with Gasteiger partial charge in [-0.3, -0.25) is 9.88 Å². The molecule has 29 heavy (non-hydrogen) atoms. The lowest BCUT2D eigenvalue weighted by molar-refractivity contribution is 0.213. The van der Waals surface area contributed by atoms with Crippen LogP contribution in [0.5, 0.6) is 0 Å². The van der Waals surface area contributed by atoms with Crippen LogP contribution in [0, 0.1) is 5.82 Å². The second kappa shape index (κ2) is 8.91. The lowest BCUT2D eigenvalue weighted by atomic mass is 10.0. The molecule has 2 aromatic carbocycles. The monoisotopic (exact) mass is 411 g/mol. The highest BCUT2D eigenvalue weighted by Crippen LogP contribution is 2.33. The number of aliphatic hydroxyl groups excluding tert-OH is 1. The van der Waals surface area contributed by atoms with E-state index < -0.39 is 6.10 Å². The SMILES string of the molecule is O[C@@H](c1ccccn1)c1cccc(F)c1N1CCN(Cc2ccc(Cl)cc2)CC1. The average molecular weight is 412 g/mol. The molecule has 0 radical (unpaired) electrons. The lowest BCUT2D eigenvalue weighted by Gasteiger charge is -2.37. The number of para-hydroxylation sites is 1. The van der Waals surface area contributed by atoms with Crippen LogP contribution >= 0.6 is 11.6 Å². The van der Waals surface area contributed by atoms with Crippen molar-refractivity contribution < 1.29 is 9.50 Å². The lowest BCUT2D eigenvalue weighted by Crippen LogP contribution is -2.46. The molecule has 0 aliphatic carbocycles. The molecule has 3 aromatic rings. The first-order valence-electron chi connectivity index (χ1n) is 9.71. The van der Waals surface area contributed by atoms with Crippen LogP contribution in [-0.4, -0.2) is 41.2 Å². The van der Waals surface area contributed by atoms with Crippen molar-refractivity contribution in [3.63, 3.8) is 0 Å². The third kappa shape index (κ3) is 4.58. The third-order valence-corrected chi connectivity index (χ3v) is 5.54. The van der Waals surface area contributed by atoms with E-state index in [-0.39, 0.29) is 5.82 Å². The highest BCUT2D eigenvalue weighted by atomic mass is 35.5. The van der Waals surface area contributed by atoms with Gasteiger partial charge in [0.25, 0.3) is 0 Å². The van der Waals surface area contributed by atoms with Crippen molar-refractivity contribution in [2.24, 2.45) is 0 Å². The summed E-state index contributed by atoms with van der Waals surface area (Å²) in [5, 5.41) is 11.6. The van der Waals surface area contributed by atoms with Crippen LogP contribution in [0.25, 0.3) is 0 Å². The summed E-state index contributed by atoms with van der Waals surface area (Å²) in [4.78, 5) is 8.59. The van der Waals surface area contributed by atoms with Crippen LogP contribution in [0.1, 0.15) is 22.9 Å². The number of aliphatic hydroxyl groups is 1. The molecule has 1 aliphatic rings. The molecule has 150 valence electrons. The van der Waals surface area contributed by atoms with Gasteiger partial charge in [0.15, 0.2) is 0 Å². The van der Waals surface area contributed by atoms with Gasteiger partial charge in [-0.1, -0.05) is 41.9 Å². The first kappa shape index (κ1) is 19.8. The Hall–Kier alpha value is -2.47. The minimum Gasteiger partial charge on any atom is -0.382 e. The van der Waals surface area contributed by atoms with Crippen LogP contribution in [0.2, 0.25) is 5.02 Å². The predicted octanol–water partition coefficient (Wildman–Crippen LogP) is 4.28. The molecule has 1 atom stereocenters. The summed E-state index contributed by atoms with van der Waals surface area (Å²) in [5.74, 6) is -0.316. The number of halogens is 2. The molecular formula is C23H23ClFN3O. The number of pyridine rings is 1. The number of anilines is 1. The molecule has 4 rings (SSSR count). The first-order valence-corrected chi connectivity index (χ1v) is 10.1. The molecule has 1 aromatic heterocycles. The maximum Gasteiger partial charge on any atom is 0.146 e. The van der Waals surface area contributed by atoms with Gasteiger partial charge in [-0.2, -0.15) is 0 Å². The van der Waals surface area contributed by atoms with Crippen molar-refractivity contribution in [3.8, 4) is 0 Å². The van der Waals surface area contributed by atoms with E-state index in [1.54, 1.807) is 30.5 Å². The van der Waals surface area contributed by atoms with Crippen molar-refractivity contribution in [1.82, 2.24) is 9.88 Å². The molecule has 0 spiro atoms. The summed E-state index contributed by atoms with van der Waals surface area (Å²) in [6.45, 7) is 3.85. The summed E-state index contributed by atoms with van der Waals surface area (Å²) in [6, 6.07) is 18.1. The van der Waals surface area contributed by atoms with Crippen molar-refractivity contribution in [3.05, 3.63) is 94.5 Å². The van der Waals surface area contributed by atoms with E-state index >= 15 is 0 Å². The maximum absolute atomic E-state index is 14.8. The fourth-order valence-electron chi connectivity index (χ4n) is 3.76. The van der Waals surface area contributed by atoms with E-state index in [1.807, 2.05) is 35.2 Å². The Bertz CT molecular complexity index is 944. The minimum absolute atomic E-state index is 0.316. The molecule has 0 unspecified atom stereocenters. The van der Waals surface area contributed by atoms with Crippen LogP contribution in [0.4, 0.5) is 10.1 Å². The standard InChI is InChI=1S/C23H23ClFN3O/c24-18-9-7-17(8-10-18)16-27-12-14-28(15-13-27)22-19(4-3-5-20(22)25)23(29)21-6-1-2-11-26-21/h1-11,23,29H,12-16H2/t23-/m1/s1. The number of piperazine rings is 1. The van der Waals surface area contributed by atoms with Gasteiger partial charge in [-0.25, -0.2) is 4.39 Å². The zero-order chi connectivity index (χ0) is 20.2. The van der Waals surface area contributed by atoms with Gasteiger partial charge >= 0.3 is 0 Å². The van der Waals surface area contributed by atoms with Crippen LogP contribution in [0.3, 0.4) is 0 Å². The summed E-state index contributed by atoms with van der Waals surface area (Å²) in [5.41, 5.74) is 2.74. The Morgan fingerprint density at radius 2 is 1.72 bits per heavy atom. The van der Waals surface area contributed by atoms with Gasteiger partial charge in [0.1, 0.15) is 11.9 Å². The molecular weight excluding hydrogens is 389 g/mol. The van der Waals surface area contributed by atoms with Crippen molar-refractivity contribution >= 4 is 17.3 Å². The molecule has 6 heteroatoms. The van der Waals surface area contributed by atoms with Crippen LogP contribution in [0.15, 0.2) is 66.9 Å². The molecule has 1 fully saturated rings. The van der Waals surface area contributed by atoms with Crippen molar-refractivity contribution in [1.29, 1.82) is 0 Å². The minimum atomic E-state index is -0.964. The molecule has 1 aliphatic heterocycles. The second-order valence-corrected chi connectivity index (χ2v) is 7.66. The van der Waals surface area contributed by atoms with E-state index in [9.17, 15) is 9.50 Å². The largest absolute Gasteiger partial charge is 0.382 e. The van der Waals surface area contributed by atoms with E-state index in [2.05, 4.69) is 9.88 Å². The molecule has 1 N–H and O–H groups in total. The van der Waals surface area contributed by atoms with Gasteiger partial charge in [0.2, 0.25) is 0 Å². The van der Waals surface area contributed by atoms with E-state index in [1.165, 1.54) is 11.6 Å². The Labute approximate surface area is 175 Å². The van der Waals surface area contributed by atoms with E-state index in [4.69, 9.17) is 11.6 Å². The normalized spacial score (nSPS) is 16.0. The van der Waals surface area contributed by atoms with Crippen molar-refractivity contribution in [2.75, 3.05) is 31.1 Å². The molecule has 0 bridgehead atoms. The van der Waals surface area contributed by atoms with Gasteiger partial charge in [0, 0.05) is 49.5 Å². The first-order chi connectivity index (χ1) is 14.1. The molecule has 0 amide bonds. The van der Waals surface area contributed by atoms with Crippen LogP contribution in [-0.2, 0) is 6.54 Å². The predicted molar refractivity (Wildman–Crippen MR) is 114 cm³/mol. The fourth-order valence-corrected chi connectivity index (χ4v) is 3.89. The Morgan fingerprint density at radius 3 is 2.41 bits per heavy atom. The molecule has 1 saturated heterocycles. The third-order valence-electron chi connectivity index (χ3n) is 5.29. The summed E-state index contributed by atoms with van der Waals surface area (Å²) >= 11 is 5.96. The highest BCUT2D eigenvalue weighted by molar-refractivity contribution is 6.30. The Kier molecular flexibility index (Phi) is 6.09. The average Bonchev–Trinajstić information content (AvgIpc) is 2.76. The summed E-state index contributed by atoms with van der Waals surface area (Å²) in [6.07, 6.45) is 0.668. The fraction of sp³-hybridized carbons (Fsp3) is 0.261. The Balaban J connectivity index is 1.49. The number of aromatic nitrogens is 1. The zero-order valence-electron chi connectivity index (χ0n) is 16.0. The number of benzene rings is 2. The Morgan fingerprint density at radius 1 is 0.966 bits per heavy atom. The number of hydrogen-bond acceptors (Lipinski definition) is 4. The van der Waals surface area contributed by atoms with Gasteiger partial charge in [-0.05, 0) is 35.9 Å². The van der Waals surface area contributed by atoms with Crippen LogP contribution < -0.4 is 4.90 Å². The molecule has 4 nitrogen and oxygen atoms in total. The second-order valence-electron chi connectivity index (χ2n) is 7.22. The zero-order valence-corrected chi connectivity index (χ0v) is 16.8. The van der Waals surface area contributed by atoms with Gasteiger partial charge < -0.3 is 10.0 Å². The van der Waals surface area contributed by atoms with Gasteiger partial charge in [0.05, 0.1) is 11.4 Å². The van der Waals surface area contributed by atoms with Crippen molar-refractivity contribution in [2.45, 2.75) is 12.6 Å². The van der Waals surface area contributed by atoms with E-state index in [0.29, 0.717) is 30.0 Å².